The first-order chi connectivity index (χ1) is 12.5. The van der Waals surface area contributed by atoms with Gasteiger partial charge in [0.05, 0.1) is 30.2 Å². The van der Waals surface area contributed by atoms with Crippen LogP contribution in [0.5, 0.6) is 0 Å². The molecule has 136 valence electrons. The third-order valence-electron chi connectivity index (χ3n) is 3.52. The maximum absolute atomic E-state index is 14.2. The van der Waals surface area contributed by atoms with Crippen LogP contribution in [0, 0.1) is 16.3 Å². The van der Waals surface area contributed by atoms with Crippen LogP contribution in [0.15, 0.2) is 30.5 Å². The van der Waals surface area contributed by atoms with E-state index in [1.54, 1.807) is 29.5 Å². The highest BCUT2D eigenvalue weighted by molar-refractivity contribution is 14.1. The second kappa shape index (κ2) is 7.93. The van der Waals surface area contributed by atoms with E-state index in [4.69, 9.17) is 9.94 Å². The van der Waals surface area contributed by atoms with Crippen molar-refractivity contribution >= 4 is 45.5 Å². The zero-order valence-electron chi connectivity index (χ0n) is 13.7. The second-order valence-corrected chi connectivity index (χ2v) is 6.57. The lowest BCUT2D eigenvalue weighted by Crippen LogP contribution is -2.26. The number of carbonyl (C=O) groups excluding carboxylic acids is 1. The summed E-state index contributed by atoms with van der Waals surface area (Å²) in [6, 6.07) is 6.31. The quantitative estimate of drug-likeness (QED) is 0.290. The molecule has 0 saturated heterocycles. The molecule has 0 saturated carbocycles. The minimum Gasteiger partial charge on any atom is -0.394 e. The summed E-state index contributed by atoms with van der Waals surface area (Å²) in [5, 5.41) is 19.6. The molecule has 8 nitrogen and oxygen atoms in total. The molecule has 26 heavy (non-hydrogen) atoms. The van der Waals surface area contributed by atoms with Gasteiger partial charge in [-0.2, -0.15) is 0 Å². The molecule has 1 amide bonds. The van der Waals surface area contributed by atoms with Gasteiger partial charge in [0.15, 0.2) is 5.65 Å². The van der Waals surface area contributed by atoms with Crippen molar-refractivity contribution in [1.29, 1.82) is 0 Å². The van der Waals surface area contributed by atoms with Crippen LogP contribution < -0.4 is 10.8 Å². The zero-order valence-corrected chi connectivity index (χ0v) is 15.8. The number of aryl methyl sites for hydroxylation is 1. The molecule has 2 heterocycles. The maximum atomic E-state index is 14.2. The number of carbonyl (C=O) groups is 1. The molecule has 3 rings (SSSR count). The summed E-state index contributed by atoms with van der Waals surface area (Å²) in [5.41, 5.74) is 3.51. The molecule has 1 aromatic carbocycles. The van der Waals surface area contributed by atoms with Gasteiger partial charge < -0.3 is 10.4 Å². The molecule has 0 aliphatic heterocycles. The van der Waals surface area contributed by atoms with Crippen molar-refractivity contribution in [3.63, 3.8) is 0 Å². The smallest absolute Gasteiger partial charge is 0.278 e. The minimum atomic E-state index is -0.554. The molecule has 0 atom stereocenters. The van der Waals surface area contributed by atoms with E-state index in [1.807, 2.05) is 22.6 Å². The topological polar surface area (TPSA) is 101 Å². The van der Waals surface area contributed by atoms with Crippen LogP contribution in [0.25, 0.3) is 5.65 Å². The van der Waals surface area contributed by atoms with Gasteiger partial charge in [0.25, 0.3) is 5.91 Å². The molecule has 2 aromatic heterocycles. The van der Waals surface area contributed by atoms with Gasteiger partial charge in [-0.25, -0.2) is 9.87 Å². The molecule has 3 N–H and O–H groups in total. The van der Waals surface area contributed by atoms with Crippen molar-refractivity contribution in [1.82, 2.24) is 20.1 Å². The van der Waals surface area contributed by atoms with E-state index in [0.29, 0.717) is 17.2 Å². The van der Waals surface area contributed by atoms with Gasteiger partial charge in [0, 0.05) is 15.8 Å². The number of aliphatic hydroxyl groups is 1. The number of nitrogens with zero attached hydrogens (tertiary/aromatic N) is 3. The molecule has 0 radical (unpaired) electrons. The minimum absolute atomic E-state index is 0.0475. The third kappa shape index (κ3) is 3.92. The zero-order chi connectivity index (χ0) is 18.7. The molecule has 3 aromatic rings. The summed E-state index contributed by atoms with van der Waals surface area (Å²) in [6.45, 7) is 1.47. The Kier molecular flexibility index (Phi) is 5.64. The predicted octanol–water partition coefficient (Wildman–Crippen LogP) is 2.18. The first-order valence-electron chi connectivity index (χ1n) is 7.60. The van der Waals surface area contributed by atoms with Crippen molar-refractivity contribution < 1.29 is 19.1 Å². The number of pyridine rings is 1. The van der Waals surface area contributed by atoms with Gasteiger partial charge in [-0.05, 0) is 47.7 Å². The second-order valence-electron chi connectivity index (χ2n) is 5.33. The van der Waals surface area contributed by atoms with Crippen LogP contribution in [0.2, 0.25) is 0 Å². The Balaban J connectivity index is 2.01. The molecular formula is C16H15FIN5O3. The molecule has 0 fully saturated rings. The number of rotatable bonds is 6. The number of hydrogen-bond donors (Lipinski definition) is 3. The predicted molar refractivity (Wildman–Crippen MR) is 101 cm³/mol. The maximum Gasteiger partial charge on any atom is 0.278 e. The molecule has 0 aliphatic carbocycles. The highest BCUT2D eigenvalue weighted by atomic mass is 127. The van der Waals surface area contributed by atoms with E-state index in [-0.39, 0.29) is 24.5 Å². The Morgan fingerprint density at radius 1 is 1.35 bits per heavy atom. The number of hydroxylamine groups is 1. The number of amides is 1. The Bertz CT molecular complexity index is 962. The summed E-state index contributed by atoms with van der Waals surface area (Å²) < 4.78 is 16.6. The van der Waals surface area contributed by atoms with E-state index >= 15 is 0 Å². The van der Waals surface area contributed by atoms with Crippen LogP contribution in [-0.4, -0.2) is 38.8 Å². The highest BCUT2D eigenvalue weighted by Crippen LogP contribution is 2.26. The molecule has 0 spiro atoms. The number of hydrogen-bond acceptors (Lipinski definition) is 6. The summed E-state index contributed by atoms with van der Waals surface area (Å²) in [4.78, 5) is 17.3. The third-order valence-corrected chi connectivity index (χ3v) is 4.19. The van der Waals surface area contributed by atoms with Crippen LogP contribution in [0.4, 0.5) is 15.8 Å². The van der Waals surface area contributed by atoms with Crippen molar-refractivity contribution in [2.45, 2.75) is 6.92 Å². The lowest BCUT2D eigenvalue weighted by atomic mass is 10.2. The van der Waals surface area contributed by atoms with Gasteiger partial charge in [0.1, 0.15) is 11.6 Å². The van der Waals surface area contributed by atoms with E-state index in [9.17, 15) is 9.18 Å². The fourth-order valence-electron chi connectivity index (χ4n) is 2.29. The van der Waals surface area contributed by atoms with Gasteiger partial charge in [-0.15, -0.1) is 10.2 Å². The number of aliphatic hydroxyl groups excluding tert-OH is 1. The van der Waals surface area contributed by atoms with Gasteiger partial charge >= 0.3 is 0 Å². The van der Waals surface area contributed by atoms with Crippen molar-refractivity contribution in [2.24, 2.45) is 0 Å². The van der Waals surface area contributed by atoms with Crippen molar-refractivity contribution in [3.8, 4) is 0 Å². The fourth-order valence-corrected chi connectivity index (χ4v) is 2.74. The summed E-state index contributed by atoms with van der Waals surface area (Å²) >= 11 is 2.01. The van der Waals surface area contributed by atoms with Crippen LogP contribution in [-0.2, 0) is 4.84 Å². The number of nitrogens with one attached hydrogen (secondary N) is 2. The Labute approximate surface area is 161 Å². The molecule has 10 heteroatoms. The molecule has 0 aliphatic rings. The Hall–Kier alpha value is -2.31. The normalized spacial score (nSPS) is 10.9. The van der Waals surface area contributed by atoms with Gasteiger partial charge in [0.2, 0.25) is 0 Å². The number of anilines is 2. The van der Waals surface area contributed by atoms with E-state index in [0.717, 1.165) is 3.57 Å². The average molecular weight is 471 g/mol. The van der Waals surface area contributed by atoms with Crippen LogP contribution >= 0.6 is 22.6 Å². The summed E-state index contributed by atoms with van der Waals surface area (Å²) in [7, 11) is 0. The van der Waals surface area contributed by atoms with E-state index in [2.05, 4.69) is 21.0 Å². The Morgan fingerprint density at radius 3 is 2.88 bits per heavy atom. The number of halogens is 2. The largest absolute Gasteiger partial charge is 0.394 e. The van der Waals surface area contributed by atoms with Crippen LogP contribution in [0.1, 0.15) is 16.2 Å². The first-order valence-corrected chi connectivity index (χ1v) is 8.68. The standard InChI is InChI=1S/C16H15FIN5O3/c1-9-20-21-15-7-14(19-13-3-2-10(18)6-12(13)17)11(8-23(9)15)16(25)22-26-5-4-24/h2-3,6-8,19,24H,4-5H2,1H3,(H,22,25). The average Bonchev–Trinajstić information content (AvgIpc) is 2.97. The molecular weight excluding hydrogens is 456 g/mol. The van der Waals surface area contributed by atoms with Gasteiger partial charge in [-0.1, -0.05) is 0 Å². The number of benzene rings is 1. The molecule has 0 bridgehead atoms. The number of aromatic nitrogens is 3. The molecule has 0 unspecified atom stereocenters. The fraction of sp³-hybridized carbons (Fsp3) is 0.188. The summed E-state index contributed by atoms with van der Waals surface area (Å²) in [5.74, 6) is -0.406. The summed E-state index contributed by atoms with van der Waals surface area (Å²) in [6.07, 6.45) is 1.54. The number of fused-ring (bicyclic) bond motifs is 1. The van der Waals surface area contributed by atoms with E-state index in [1.165, 1.54) is 12.3 Å². The monoisotopic (exact) mass is 471 g/mol. The lowest BCUT2D eigenvalue weighted by molar-refractivity contribution is 0.0168. The van der Waals surface area contributed by atoms with Crippen molar-refractivity contribution in [2.75, 3.05) is 18.5 Å². The highest BCUT2D eigenvalue weighted by Gasteiger charge is 2.17. The van der Waals surface area contributed by atoms with Crippen LogP contribution in [0.3, 0.4) is 0 Å². The first kappa shape index (κ1) is 18.5. The Morgan fingerprint density at radius 2 is 2.15 bits per heavy atom. The lowest BCUT2D eigenvalue weighted by Gasteiger charge is -2.14. The SMILES string of the molecule is Cc1nnc2cc(Nc3ccc(I)cc3F)c(C(=O)NOCCO)cn12. The van der Waals surface area contributed by atoms with Crippen molar-refractivity contribution in [3.05, 3.63) is 51.2 Å². The van der Waals surface area contributed by atoms with Gasteiger partial charge in [-0.3, -0.25) is 14.0 Å². The van der Waals surface area contributed by atoms with E-state index < -0.39 is 11.7 Å².